The first-order valence-corrected chi connectivity index (χ1v) is 8.06. The quantitative estimate of drug-likeness (QED) is 0.736. The van der Waals surface area contributed by atoms with Crippen LogP contribution in [0.5, 0.6) is 5.75 Å². The lowest BCUT2D eigenvalue weighted by molar-refractivity contribution is -0.114. The van der Waals surface area contributed by atoms with E-state index in [1.807, 2.05) is 31.2 Å². The molecule has 0 aliphatic rings. The molecule has 0 heterocycles. The summed E-state index contributed by atoms with van der Waals surface area (Å²) in [4.78, 5) is 23.7. The highest BCUT2D eigenvalue weighted by atomic mass is 35.5. The van der Waals surface area contributed by atoms with Crippen LogP contribution < -0.4 is 15.4 Å². The molecule has 0 atom stereocenters. The number of nitrogens with one attached hydrogen (secondary N) is 2. The lowest BCUT2D eigenvalue weighted by Gasteiger charge is -2.13. The van der Waals surface area contributed by atoms with E-state index in [1.54, 1.807) is 0 Å². The minimum absolute atomic E-state index is 0.0167. The second kappa shape index (κ2) is 8.94. The fourth-order valence-electron chi connectivity index (χ4n) is 2.13. The van der Waals surface area contributed by atoms with Crippen molar-refractivity contribution < 1.29 is 19.1 Å². The maximum absolute atomic E-state index is 12.2. The van der Waals surface area contributed by atoms with Gasteiger partial charge in [0, 0.05) is 0 Å². The van der Waals surface area contributed by atoms with Gasteiger partial charge in [-0.1, -0.05) is 23.7 Å². The summed E-state index contributed by atoms with van der Waals surface area (Å²) >= 11 is 6.06. The van der Waals surface area contributed by atoms with E-state index in [0.29, 0.717) is 34.3 Å². The van der Waals surface area contributed by atoms with Gasteiger partial charge in [0.25, 0.3) is 0 Å². The molecule has 0 aromatic heterocycles. The van der Waals surface area contributed by atoms with Crippen molar-refractivity contribution in [1.82, 2.24) is 0 Å². The zero-order chi connectivity index (χ0) is 18.2. The van der Waals surface area contributed by atoms with E-state index in [2.05, 4.69) is 15.4 Å². The van der Waals surface area contributed by atoms with Gasteiger partial charge < -0.3 is 20.1 Å². The average Bonchev–Trinajstić information content (AvgIpc) is 2.62. The molecule has 0 spiro atoms. The molecule has 0 bridgehead atoms. The Morgan fingerprint density at radius 1 is 1.12 bits per heavy atom. The first kappa shape index (κ1) is 18.6. The number of esters is 1. The molecule has 2 N–H and O–H groups in total. The third-order valence-corrected chi connectivity index (χ3v) is 3.62. The van der Waals surface area contributed by atoms with Crippen molar-refractivity contribution in [3.63, 3.8) is 0 Å². The molecule has 25 heavy (non-hydrogen) atoms. The van der Waals surface area contributed by atoms with Crippen molar-refractivity contribution in [2.24, 2.45) is 0 Å². The van der Waals surface area contributed by atoms with Crippen LogP contribution in [0, 0.1) is 0 Å². The van der Waals surface area contributed by atoms with Crippen LogP contribution in [-0.2, 0) is 9.53 Å². The summed E-state index contributed by atoms with van der Waals surface area (Å²) in [6.45, 7) is 2.43. The second-order valence-corrected chi connectivity index (χ2v) is 5.42. The van der Waals surface area contributed by atoms with Crippen molar-refractivity contribution in [2.45, 2.75) is 6.92 Å². The maximum Gasteiger partial charge on any atom is 0.337 e. The molecular weight excluding hydrogens is 344 g/mol. The van der Waals surface area contributed by atoms with Gasteiger partial charge in [-0.05, 0) is 37.3 Å². The number of benzene rings is 2. The molecule has 0 aliphatic heterocycles. The third-order valence-electron chi connectivity index (χ3n) is 3.29. The van der Waals surface area contributed by atoms with E-state index in [0.717, 1.165) is 0 Å². The standard InChI is InChI=1S/C18H19ClN2O4/c1-3-25-16-7-5-4-6-14(16)20-11-17(22)21-15-10-12(18(23)24-2)8-9-13(15)19/h4-10,20H,3,11H2,1-2H3,(H,21,22). The van der Waals surface area contributed by atoms with Crippen molar-refractivity contribution in [1.29, 1.82) is 0 Å². The Morgan fingerprint density at radius 3 is 2.60 bits per heavy atom. The predicted molar refractivity (Wildman–Crippen MR) is 97.5 cm³/mol. The molecule has 2 aromatic carbocycles. The highest BCUT2D eigenvalue weighted by Gasteiger charge is 2.12. The number of ether oxygens (including phenoxy) is 2. The number of amides is 1. The van der Waals surface area contributed by atoms with E-state index < -0.39 is 5.97 Å². The fraction of sp³-hybridized carbons (Fsp3) is 0.222. The van der Waals surface area contributed by atoms with Crippen LogP contribution in [0.3, 0.4) is 0 Å². The molecule has 0 radical (unpaired) electrons. The summed E-state index contributed by atoms with van der Waals surface area (Å²) in [5, 5.41) is 6.01. The zero-order valence-corrected chi connectivity index (χ0v) is 14.7. The Labute approximate surface area is 151 Å². The highest BCUT2D eigenvalue weighted by Crippen LogP contribution is 2.25. The minimum atomic E-state index is -0.504. The van der Waals surface area contributed by atoms with Crippen molar-refractivity contribution >= 4 is 34.9 Å². The highest BCUT2D eigenvalue weighted by molar-refractivity contribution is 6.33. The number of hydrogen-bond donors (Lipinski definition) is 2. The number of methoxy groups -OCH3 is 1. The third kappa shape index (κ3) is 5.12. The number of rotatable bonds is 7. The van der Waals surface area contributed by atoms with Gasteiger partial charge in [0.05, 0.1) is 42.2 Å². The number of para-hydroxylation sites is 2. The van der Waals surface area contributed by atoms with Gasteiger partial charge in [-0.25, -0.2) is 4.79 Å². The molecule has 0 aliphatic carbocycles. The molecule has 0 saturated heterocycles. The summed E-state index contributed by atoms with van der Waals surface area (Å²) in [6.07, 6.45) is 0. The Morgan fingerprint density at radius 2 is 1.88 bits per heavy atom. The van der Waals surface area contributed by atoms with Crippen LogP contribution in [0.25, 0.3) is 0 Å². The van der Waals surface area contributed by atoms with Gasteiger partial charge in [0.15, 0.2) is 0 Å². The molecule has 7 heteroatoms. The topological polar surface area (TPSA) is 76.7 Å². The zero-order valence-electron chi connectivity index (χ0n) is 14.0. The van der Waals surface area contributed by atoms with E-state index >= 15 is 0 Å². The molecule has 2 aromatic rings. The lowest BCUT2D eigenvalue weighted by Crippen LogP contribution is -2.22. The van der Waals surface area contributed by atoms with Crippen molar-refractivity contribution in [2.75, 3.05) is 30.9 Å². The lowest BCUT2D eigenvalue weighted by atomic mass is 10.2. The van der Waals surface area contributed by atoms with Crippen LogP contribution in [-0.4, -0.2) is 32.1 Å². The van der Waals surface area contributed by atoms with Crippen molar-refractivity contribution in [3.8, 4) is 5.75 Å². The molecule has 132 valence electrons. The van der Waals surface area contributed by atoms with E-state index in [9.17, 15) is 9.59 Å². The Kier molecular flexibility index (Phi) is 6.65. The van der Waals surface area contributed by atoms with Gasteiger partial charge in [-0.15, -0.1) is 0 Å². The molecule has 6 nitrogen and oxygen atoms in total. The number of carbonyl (C=O) groups excluding carboxylic acids is 2. The first-order valence-electron chi connectivity index (χ1n) is 7.68. The molecule has 0 saturated carbocycles. The first-order chi connectivity index (χ1) is 12.0. The SMILES string of the molecule is CCOc1ccccc1NCC(=O)Nc1cc(C(=O)OC)ccc1Cl. The smallest absolute Gasteiger partial charge is 0.337 e. The number of hydrogen-bond acceptors (Lipinski definition) is 5. The van der Waals surface area contributed by atoms with Crippen molar-refractivity contribution in [3.05, 3.63) is 53.1 Å². The molecule has 0 unspecified atom stereocenters. The van der Waals surface area contributed by atoms with Crippen LogP contribution in [0.2, 0.25) is 5.02 Å². The maximum atomic E-state index is 12.2. The summed E-state index contributed by atoms with van der Waals surface area (Å²) < 4.78 is 10.2. The van der Waals surface area contributed by atoms with Gasteiger partial charge in [-0.3, -0.25) is 4.79 Å². The molecular formula is C18H19ClN2O4. The van der Waals surface area contributed by atoms with E-state index in [1.165, 1.54) is 25.3 Å². The summed E-state index contributed by atoms with van der Waals surface area (Å²) in [7, 11) is 1.29. The van der Waals surface area contributed by atoms with Crippen LogP contribution in [0.4, 0.5) is 11.4 Å². The van der Waals surface area contributed by atoms with Crippen LogP contribution in [0.1, 0.15) is 17.3 Å². The van der Waals surface area contributed by atoms with Crippen LogP contribution >= 0.6 is 11.6 Å². The average molecular weight is 363 g/mol. The van der Waals surface area contributed by atoms with Gasteiger partial charge in [-0.2, -0.15) is 0 Å². The normalized spacial score (nSPS) is 10.0. The summed E-state index contributed by atoms with van der Waals surface area (Å²) in [5.74, 6) is -0.144. The summed E-state index contributed by atoms with van der Waals surface area (Å²) in [6, 6.07) is 11.9. The number of anilines is 2. The molecule has 2 rings (SSSR count). The molecule has 1 amide bonds. The molecule has 0 fully saturated rings. The Hall–Kier alpha value is -2.73. The van der Waals surface area contributed by atoms with Gasteiger partial charge >= 0.3 is 5.97 Å². The fourth-order valence-corrected chi connectivity index (χ4v) is 2.29. The number of carbonyl (C=O) groups is 2. The van der Waals surface area contributed by atoms with Crippen LogP contribution in [0.15, 0.2) is 42.5 Å². The Balaban J connectivity index is 2.02. The number of halogens is 1. The monoisotopic (exact) mass is 362 g/mol. The van der Waals surface area contributed by atoms with E-state index in [4.69, 9.17) is 16.3 Å². The predicted octanol–water partition coefficient (Wildman–Crippen LogP) is 3.58. The Bertz CT molecular complexity index is 764. The van der Waals surface area contributed by atoms with E-state index in [-0.39, 0.29) is 12.5 Å². The largest absolute Gasteiger partial charge is 0.492 e. The minimum Gasteiger partial charge on any atom is -0.492 e. The second-order valence-electron chi connectivity index (χ2n) is 5.02. The van der Waals surface area contributed by atoms with Gasteiger partial charge in [0.2, 0.25) is 5.91 Å². The summed E-state index contributed by atoms with van der Waals surface area (Å²) in [5.41, 5.74) is 1.36. The van der Waals surface area contributed by atoms with Gasteiger partial charge in [0.1, 0.15) is 5.75 Å².